The molecule has 0 aliphatic carbocycles. The van der Waals surface area contributed by atoms with Gasteiger partial charge in [-0.15, -0.1) is 0 Å². The molecule has 2 saturated heterocycles. The Balaban J connectivity index is 1.29. The number of nitrogens with one attached hydrogen (secondary N) is 1. The fraction of sp³-hybridized carbons (Fsp3) is 0.360. The van der Waals surface area contributed by atoms with Crippen LogP contribution in [-0.4, -0.2) is 73.8 Å². The minimum atomic E-state index is 0.290. The molecule has 0 spiro atoms. The van der Waals surface area contributed by atoms with Crippen LogP contribution in [0.1, 0.15) is 11.1 Å². The maximum absolute atomic E-state index is 6.27. The first kappa shape index (κ1) is 28.3. The largest absolute Gasteiger partial charge is 0.486 e. The maximum atomic E-state index is 6.27. The third kappa shape index (κ3) is 7.50. The number of hydrazone groups is 1. The van der Waals surface area contributed by atoms with Crippen LogP contribution < -0.4 is 20.0 Å². The first-order valence-electron chi connectivity index (χ1n) is 12.2. The Morgan fingerprint density at radius 3 is 2.05 bits per heavy atom. The highest BCUT2D eigenvalue weighted by Gasteiger charge is 2.20. The van der Waals surface area contributed by atoms with E-state index in [4.69, 9.17) is 42.4 Å². The van der Waals surface area contributed by atoms with Gasteiger partial charge in [0, 0.05) is 41.8 Å². The van der Waals surface area contributed by atoms with Crippen molar-refractivity contribution < 1.29 is 14.2 Å². The fourth-order valence-corrected chi connectivity index (χ4v) is 5.87. The number of benzene rings is 2. The standard InChI is InChI=1S/C25H25Br2Cl2N7O3/c26-19-11-16(12-20(27)22(19)39-15-17-1-2-18(28)13-21(17)29)14-30-34-23-31-24(35-3-7-37-8-4-35)33-25(32-23)36-5-9-38-10-6-36/h1-2,11-14H,3-10,15H2,(H,31,32,33,34)/b30-14-. The second-order valence-electron chi connectivity index (χ2n) is 8.67. The van der Waals surface area contributed by atoms with Crippen molar-refractivity contribution in [2.45, 2.75) is 6.61 Å². The van der Waals surface area contributed by atoms with Crippen molar-refractivity contribution in [3.05, 3.63) is 60.4 Å². The Hall–Kier alpha value is -2.22. The van der Waals surface area contributed by atoms with Crippen molar-refractivity contribution in [1.29, 1.82) is 0 Å². The number of rotatable bonds is 8. The predicted molar refractivity (Wildman–Crippen MR) is 160 cm³/mol. The van der Waals surface area contributed by atoms with E-state index >= 15 is 0 Å². The predicted octanol–water partition coefficient (Wildman–Crippen LogP) is 5.40. The number of ether oxygens (including phenoxy) is 3. The minimum absolute atomic E-state index is 0.290. The van der Waals surface area contributed by atoms with E-state index in [1.165, 1.54) is 0 Å². The van der Waals surface area contributed by atoms with Crippen LogP contribution in [0.5, 0.6) is 5.75 Å². The van der Waals surface area contributed by atoms with Gasteiger partial charge in [-0.3, -0.25) is 0 Å². The SMILES string of the molecule is Clc1ccc(COc2c(Br)cc(/C=N\Nc3nc(N4CCOCC4)nc(N4CCOCC4)n3)cc2Br)c(Cl)c1. The summed E-state index contributed by atoms with van der Waals surface area (Å²) in [5.74, 6) is 2.21. The van der Waals surface area contributed by atoms with Crippen LogP contribution in [0.15, 0.2) is 44.4 Å². The van der Waals surface area contributed by atoms with E-state index in [0.29, 0.717) is 66.7 Å². The molecular weight excluding hydrogens is 677 g/mol. The van der Waals surface area contributed by atoms with E-state index < -0.39 is 0 Å². The molecule has 0 unspecified atom stereocenters. The second kappa shape index (κ2) is 13.4. The van der Waals surface area contributed by atoms with Gasteiger partial charge < -0.3 is 24.0 Å². The van der Waals surface area contributed by atoms with Crippen LogP contribution in [0.3, 0.4) is 0 Å². The van der Waals surface area contributed by atoms with Gasteiger partial charge >= 0.3 is 0 Å². The zero-order valence-electron chi connectivity index (χ0n) is 20.7. The third-order valence-electron chi connectivity index (χ3n) is 5.99. The van der Waals surface area contributed by atoms with Crippen molar-refractivity contribution in [1.82, 2.24) is 15.0 Å². The number of hydrogen-bond acceptors (Lipinski definition) is 10. The summed E-state index contributed by atoms with van der Waals surface area (Å²) in [6.07, 6.45) is 1.68. The second-order valence-corrected chi connectivity index (χ2v) is 11.2. The lowest BCUT2D eigenvalue weighted by Gasteiger charge is -2.30. The molecular formula is C25H25Br2Cl2N7O3. The zero-order valence-corrected chi connectivity index (χ0v) is 25.4. The zero-order chi connectivity index (χ0) is 27.2. The normalized spacial score (nSPS) is 16.1. The molecule has 14 heteroatoms. The summed E-state index contributed by atoms with van der Waals surface area (Å²) in [7, 11) is 0. The monoisotopic (exact) mass is 699 g/mol. The maximum Gasteiger partial charge on any atom is 0.250 e. The fourth-order valence-electron chi connectivity index (χ4n) is 3.96. The molecule has 1 aromatic heterocycles. The average molecular weight is 702 g/mol. The molecule has 39 heavy (non-hydrogen) atoms. The van der Waals surface area contributed by atoms with Gasteiger partial charge in [0.2, 0.25) is 17.8 Å². The van der Waals surface area contributed by atoms with Crippen molar-refractivity contribution in [3.63, 3.8) is 0 Å². The van der Waals surface area contributed by atoms with Gasteiger partial charge in [0.05, 0.1) is 41.6 Å². The number of nitrogens with zero attached hydrogens (tertiary/aromatic N) is 6. The highest BCUT2D eigenvalue weighted by Crippen LogP contribution is 2.35. The Morgan fingerprint density at radius 1 is 0.897 bits per heavy atom. The van der Waals surface area contributed by atoms with E-state index in [0.717, 1.165) is 46.3 Å². The molecule has 2 aliphatic rings. The number of morpholine rings is 2. The molecule has 10 nitrogen and oxygen atoms in total. The Kier molecular flexibility index (Phi) is 9.75. The van der Waals surface area contributed by atoms with Crippen molar-refractivity contribution in [3.8, 4) is 5.75 Å². The lowest BCUT2D eigenvalue weighted by atomic mass is 10.2. The number of hydrogen-bond donors (Lipinski definition) is 1. The molecule has 206 valence electrons. The lowest BCUT2D eigenvalue weighted by Crippen LogP contribution is -2.40. The summed E-state index contributed by atoms with van der Waals surface area (Å²) in [6, 6.07) is 9.12. The molecule has 1 N–H and O–H groups in total. The summed E-state index contributed by atoms with van der Waals surface area (Å²) in [5.41, 5.74) is 4.63. The summed E-state index contributed by atoms with van der Waals surface area (Å²) in [6.45, 7) is 5.70. The number of halogens is 4. The molecule has 5 rings (SSSR count). The highest BCUT2D eigenvalue weighted by molar-refractivity contribution is 9.11. The van der Waals surface area contributed by atoms with Crippen molar-refractivity contribution in [2.24, 2.45) is 5.10 Å². The molecule has 0 amide bonds. The van der Waals surface area contributed by atoms with Crippen LogP contribution in [0.4, 0.5) is 17.8 Å². The molecule has 0 bridgehead atoms. The third-order valence-corrected chi connectivity index (χ3v) is 7.75. The van der Waals surface area contributed by atoms with Crippen LogP contribution in [0.25, 0.3) is 0 Å². The summed E-state index contributed by atoms with van der Waals surface area (Å²) < 4.78 is 18.5. The molecule has 3 aromatic rings. The molecule has 0 radical (unpaired) electrons. The summed E-state index contributed by atoms with van der Waals surface area (Å²) in [5, 5.41) is 5.51. The summed E-state index contributed by atoms with van der Waals surface area (Å²) in [4.78, 5) is 18.1. The molecule has 0 saturated carbocycles. The van der Waals surface area contributed by atoms with Gasteiger partial charge in [0.25, 0.3) is 0 Å². The van der Waals surface area contributed by atoms with Crippen LogP contribution in [0, 0.1) is 0 Å². The molecule has 2 fully saturated rings. The Morgan fingerprint density at radius 2 is 1.49 bits per heavy atom. The first-order chi connectivity index (χ1) is 19.0. The Bertz CT molecular complexity index is 1280. The van der Waals surface area contributed by atoms with Gasteiger partial charge in [-0.05, 0) is 61.7 Å². The molecule has 0 atom stereocenters. The first-order valence-corrected chi connectivity index (χ1v) is 14.6. The van der Waals surface area contributed by atoms with Crippen molar-refractivity contribution >= 4 is 79.1 Å². The van der Waals surface area contributed by atoms with E-state index in [1.54, 1.807) is 18.3 Å². The number of anilines is 3. The number of aromatic nitrogens is 3. The lowest BCUT2D eigenvalue weighted by molar-refractivity contribution is 0.121. The average Bonchev–Trinajstić information content (AvgIpc) is 2.94. The van der Waals surface area contributed by atoms with E-state index in [2.05, 4.69) is 62.2 Å². The van der Waals surface area contributed by atoms with E-state index in [1.807, 2.05) is 18.2 Å². The van der Waals surface area contributed by atoms with Crippen LogP contribution >= 0.6 is 55.1 Å². The summed E-state index contributed by atoms with van der Waals surface area (Å²) >= 11 is 19.4. The Labute approximate surface area is 252 Å². The smallest absolute Gasteiger partial charge is 0.250 e. The topological polar surface area (TPSA) is 97.2 Å². The van der Waals surface area contributed by atoms with Crippen LogP contribution in [-0.2, 0) is 16.1 Å². The molecule has 3 heterocycles. The van der Waals surface area contributed by atoms with Gasteiger partial charge in [-0.1, -0.05) is 29.3 Å². The van der Waals surface area contributed by atoms with Gasteiger partial charge in [0.15, 0.2) is 0 Å². The van der Waals surface area contributed by atoms with Gasteiger partial charge in [-0.25, -0.2) is 5.43 Å². The minimum Gasteiger partial charge on any atom is -0.486 e. The quantitative estimate of drug-likeness (QED) is 0.245. The van der Waals surface area contributed by atoms with Gasteiger partial charge in [-0.2, -0.15) is 20.1 Å². The van der Waals surface area contributed by atoms with Crippen LogP contribution in [0.2, 0.25) is 10.0 Å². The van der Waals surface area contributed by atoms with Gasteiger partial charge in [0.1, 0.15) is 12.4 Å². The van der Waals surface area contributed by atoms with E-state index in [9.17, 15) is 0 Å². The molecule has 2 aliphatic heterocycles. The highest BCUT2D eigenvalue weighted by atomic mass is 79.9. The van der Waals surface area contributed by atoms with Crippen molar-refractivity contribution in [2.75, 3.05) is 67.8 Å². The molecule has 2 aromatic carbocycles. The van der Waals surface area contributed by atoms with E-state index in [-0.39, 0.29) is 0 Å².